The van der Waals surface area contributed by atoms with E-state index in [0.29, 0.717) is 30.9 Å². The molecule has 8 nitrogen and oxygen atoms in total. The highest BCUT2D eigenvalue weighted by molar-refractivity contribution is 7.89. The molecule has 2 rings (SSSR count). The van der Waals surface area contributed by atoms with Gasteiger partial charge in [-0.2, -0.15) is 0 Å². The fraction of sp³-hybridized carbons (Fsp3) is 0.500. The first-order chi connectivity index (χ1) is 16.7. The predicted octanol–water partition coefficient (Wildman–Crippen LogP) is 4.81. The van der Waals surface area contributed by atoms with Crippen molar-refractivity contribution >= 4 is 21.7 Å². The van der Waals surface area contributed by atoms with Crippen LogP contribution in [0.15, 0.2) is 47.4 Å². The Kier molecular flexibility index (Phi) is 11.5. The Balaban J connectivity index is 2.65. The summed E-state index contributed by atoms with van der Waals surface area (Å²) in [5.74, 6) is -0.562. The van der Waals surface area contributed by atoms with E-state index in [1.54, 1.807) is 24.3 Å². The third-order valence-corrected chi connectivity index (χ3v) is 6.98. The van der Waals surface area contributed by atoms with E-state index in [0.717, 1.165) is 32.2 Å². The van der Waals surface area contributed by atoms with Crippen molar-refractivity contribution < 1.29 is 23.1 Å². The van der Waals surface area contributed by atoms with E-state index in [9.17, 15) is 18.3 Å². The summed E-state index contributed by atoms with van der Waals surface area (Å²) in [6, 6.07) is 11.7. The minimum Gasteiger partial charge on any atom is -0.478 e. The Morgan fingerprint density at radius 1 is 0.971 bits per heavy atom. The van der Waals surface area contributed by atoms with E-state index in [1.165, 1.54) is 12.1 Å². The summed E-state index contributed by atoms with van der Waals surface area (Å²) in [4.78, 5) is 15.9. The van der Waals surface area contributed by atoms with Gasteiger partial charge in [0.05, 0.1) is 11.3 Å². The summed E-state index contributed by atoms with van der Waals surface area (Å²) in [6.45, 7) is 6.45. The van der Waals surface area contributed by atoms with E-state index < -0.39 is 16.0 Å². The van der Waals surface area contributed by atoms with Gasteiger partial charge < -0.3 is 19.6 Å². The Hall–Kier alpha value is -2.62. The predicted molar refractivity (Wildman–Crippen MR) is 140 cm³/mol. The summed E-state index contributed by atoms with van der Waals surface area (Å²) >= 11 is 0. The standard InChI is InChI=1S/C26H39N3O5S/c1-5-7-17-29(18-8-6-2)23-19-21(26(30)31)20-24(25(23)34-22-13-10-9-11-14-22)35(32,33)27-15-12-16-28(3)4/h9-11,13-14,19-20,27H,5-8,12,15-18H2,1-4H3,(H,30,31). The van der Waals surface area contributed by atoms with Crippen LogP contribution in [0.3, 0.4) is 0 Å². The summed E-state index contributed by atoms with van der Waals surface area (Å²) in [6.07, 6.45) is 4.29. The topological polar surface area (TPSA) is 99.2 Å². The molecule has 0 fully saturated rings. The lowest BCUT2D eigenvalue weighted by molar-refractivity contribution is 0.0696. The molecule has 2 aromatic rings. The second-order valence-corrected chi connectivity index (χ2v) is 10.5. The fourth-order valence-corrected chi connectivity index (χ4v) is 4.83. The molecule has 0 bridgehead atoms. The third-order valence-electron chi connectivity index (χ3n) is 5.51. The number of carboxylic acid groups (broad SMARTS) is 1. The first-order valence-electron chi connectivity index (χ1n) is 12.2. The van der Waals surface area contributed by atoms with Crippen LogP contribution < -0.4 is 14.4 Å². The largest absolute Gasteiger partial charge is 0.478 e. The Bertz CT molecular complexity index is 1030. The van der Waals surface area contributed by atoms with Crippen LogP contribution in [0, 0.1) is 0 Å². The highest BCUT2D eigenvalue weighted by Crippen LogP contribution is 2.40. The Labute approximate surface area is 209 Å². The van der Waals surface area contributed by atoms with Crippen molar-refractivity contribution in [3.05, 3.63) is 48.0 Å². The maximum Gasteiger partial charge on any atom is 0.335 e. The van der Waals surface area contributed by atoms with Gasteiger partial charge in [0.2, 0.25) is 10.0 Å². The number of anilines is 1. The summed E-state index contributed by atoms with van der Waals surface area (Å²) in [7, 11) is -0.204. The lowest BCUT2D eigenvalue weighted by Gasteiger charge is -2.28. The third kappa shape index (κ3) is 8.83. The van der Waals surface area contributed by atoms with Crippen LogP contribution in [0.4, 0.5) is 5.69 Å². The maximum absolute atomic E-state index is 13.4. The van der Waals surface area contributed by atoms with Gasteiger partial charge in [-0.05, 0) is 64.2 Å². The number of sulfonamides is 1. The average Bonchev–Trinajstić information content (AvgIpc) is 2.82. The second-order valence-electron chi connectivity index (χ2n) is 8.79. The van der Waals surface area contributed by atoms with E-state index >= 15 is 0 Å². The van der Waals surface area contributed by atoms with E-state index in [-0.39, 0.29) is 22.8 Å². The number of carboxylic acids is 1. The zero-order chi connectivity index (χ0) is 25.8. The number of unbranched alkanes of at least 4 members (excludes halogenated alkanes) is 2. The number of carbonyl (C=O) groups is 1. The van der Waals surface area contributed by atoms with Gasteiger partial charge in [-0.1, -0.05) is 44.9 Å². The van der Waals surface area contributed by atoms with Crippen LogP contribution in [0.2, 0.25) is 0 Å². The number of rotatable bonds is 16. The number of nitrogens with one attached hydrogen (secondary N) is 1. The Morgan fingerprint density at radius 2 is 1.60 bits per heavy atom. The maximum atomic E-state index is 13.4. The number of hydrogen-bond acceptors (Lipinski definition) is 6. The molecule has 0 heterocycles. The quantitative estimate of drug-likeness (QED) is 0.316. The van der Waals surface area contributed by atoms with Crippen LogP contribution >= 0.6 is 0 Å². The zero-order valence-corrected chi connectivity index (χ0v) is 22.1. The van der Waals surface area contributed by atoms with Crippen LogP contribution in [0.5, 0.6) is 11.5 Å². The molecule has 0 aliphatic carbocycles. The van der Waals surface area contributed by atoms with Gasteiger partial charge in [0.15, 0.2) is 5.75 Å². The molecule has 9 heteroatoms. The van der Waals surface area contributed by atoms with Crippen LogP contribution in [-0.2, 0) is 10.0 Å². The molecule has 2 N–H and O–H groups in total. The SMILES string of the molecule is CCCCN(CCCC)c1cc(C(=O)O)cc(S(=O)(=O)NCCCN(C)C)c1Oc1ccccc1. The van der Waals surface area contributed by atoms with Crippen molar-refractivity contribution in [2.75, 3.05) is 45.2 Å². The molecule has 2 aromatic carbocycles. The molecule has 0 aliphatic heterocycles. The van der Waals surface area contributed by atoms with Gasteiger partial charge in [0, 0.05) is 19.6 Å². The minimum absolute atomic E-state index is 0.0907. The number of benzene rings is 2. The van der Waals surface area contributed by atoms with Gasteiger partial charge in [-0.25, -0.2) is 17.9 Å². The van der Waals surface area contributed by atoms with Crippen molar-refractivity contribution in [1.82, 2.24) is 9.62 Å². The molecule has 0 aliphatic rings. The number of ether oxygens (including phenoxy) is 1. The van der Waals surface area contributed by atoms with Gasteiger partial charge in [-0.15, -0.1) is 0 Å². The van der Waals surface area contributed by atoms with Crippen LogP contribution in [0.1, 0.15) is 56.3 Å². The lowest BCUT2D eigenvalue weighted by Crippen LogP contribution is -2.30. The smallest absolute Gasteiger partial charge is 0.335 e. The van der Waals surface area contributed by atoms with Crippen molar-refractivity contribution in [2.24, 2.45) is 0 Å². The minimum atomic E-state index is -4.05. The first kappa shape index (κ1) is 28.6. The first-order valence-corrected chi connectivity index (χ1v) is 13.7. The molecule has 0 unspecified atom stereocenters. The molecule has 0 saturated heterocycles. The molecule has 0 amide bonds. The average molecular weight is 506 g/mol. The highest BCUT2D eigenvalue weighted by atomic mass is 32.2. The van der Waals surface area contributed by atoms with Gasteiger partial charge >= 0.3 is 5.97 Å². The van der Waals surface area contributed by atoms with Crippen molar-refractivity contribution in [2.45, 2.75) is 50.8 Å². The molecule has 35 heavy (non-hydrogen) atoms. The molecule has 0 radical (unpaired) electrons. The molecule has 0 aromatic heterocycles. The second kappa shape index (κ2) is 14.1. The van der Waals surface area contributed by atoms with Crippen molar-refractivity contribution in [1.29, 1.82) is 0 Å². The molecule has 0 spiro atoms. The lowest BCUT2D eigenvalue weighted by atomic mass is 10.1. The molecule has 0 atom stereocenters. The number of hydrogen-bond donors (Lipinski definition) is 2. The zero-order valence-electron chi connectivity index (χ0n) is 21.3. The van der Waals surface area contributed by atoms with E-state index in [1.807, 2.05) is 30.0 Å². The van der Waals surface area contributed by atoms with E-state index in [2.05, 4.69) is 18.6 Å². The van der Waals surface area contributed by atoms with Crippen molar-refractivity contribution in [3.8, 4) is 11.5 Å². The summed E-state index contributed by atoms with van der Waals surface area (Å²) in [5, 5.41) is 9.81. The van der Waals surface area contributed by atoms with Gasteiger partial charge in [-0.3, -0.25) is 0 Å². The molecule has 0 saturated carbocycles. The van der Waals surface area contributed by atoms with Crippen LogP contribution in [0.25, 0.3) is 0 Å². The normalized spacial score (nSPS) is 11.6. The molecular formula is C26H39N3O5S. The highest BCUT2D eigenvalue weighted by Gasteiger charge is 2.28. The number of aromatic carboxylic acids is 1. The molecular weight excluding hydrogens is 466 g/mol. The van der Waals surface area contributed by atoms with Gasteiger partial charge in [0.1, 0.15) is 10.6 Å². The van der Waals surface area contributed by atoms with Crippen LogP contribution in [-0.4, -0.2) is 64.7 Å². The summed E-state index contributed by atoms with van der Waals surface area (Å²) < 4.78 is 35.7. The molecule has 194 valence electrons. The van der Waals surface area contributed by atoms with E-state index in [4.69, 9.17) is 4.74 Å². The Morgan fingerprint density at radius 3 is 2.14 bits per heavy atom. The number of nitrogens with zero attached hydrogens (tertiary/aromatic N) is 2. The van der Waals surface area contributed by atoms with Gasteiger partial charge in [0.25, 0.3) is 0 Å². The van der Waals surface area contributed by atoms with Crippen molar-refractivity contribution in [3.63, 3.8) is 0 Å². The fourth-order valence-electron chi connectivity index (χ4n) is 3.58. The summed E-state index contributed by atoms with van der Waals surface area (Å²) in [5.41, 5.74) is 0.386. The monoisotopic (exact) mass is 505 g/mol. The number of para-hydroxylation sites is 1.